The maximum atomic E-state index is 12.5. The molecule has 0 aliphatic carbocycles. The number of hydrogen-bond donors (Lipinski definition) is 0. The number of rotatable bonds is 2. The van der Waals surface area contributed by atoms with E-state index >= 15 is 0 Å². The molecule has 0 atom stereocenters. The maximum absolute atomic E-state index is 12.5. The molecule has 0 aliphatic rings. The molecule has 1 heterocycles. The van der Waals surface area contributed by atoms with Crippen LogP contribution in [0.25, 0.3) is 0 Å². The lowest BCUT2D eigenvalue weighted by Gasteiger charge is -2.04. The number of ether oxygens (including phenoxy) is 1. The van der Waals surface area contributed by atoms with E-state index in [0.717, 1.165) is 16.0 Å². The minimum Gasteiger partial charge on any atom is -0.423 e. The van der Waals surface area contributed by atoms with E-state index in [0.29, 0.717) is 5.75 Å². The van der Waals surface area contributed by atoms with Gasteiger partial charge in [0.15, 0.2) is 5.82 Å². The SMILES string of the molecule is Fc1cnc(Oc2ccccc2I)nc1. The lowest BCUT2D eigenvalue weighted by Crippen LogP contribution is -1.93. The van der Waals surface area contributed by atoms with Crippen molar-refractivity contribution in [2.45, 2.75) is 0 Å². The van der Waals surface area contributed by atoms with Crippen molar-refractivity contribution in [2.75, 3.05) is 0 Å². The average molecular weight is 316 g/mol. The number of halogens is 2. The van der Waals surface area contributed by atoms with Crippen molar-refractivity contribution in [3.63, 3.8) is 0 Å². The Balaban J connectivity index is 2.22. The first-order chi connectivity index (χ1) is 7.25. The van der Waals surface area contributed by atoms with Crippen molar-refractivity contribution >= 4 is 22.6 Å². The van der Waals surface area contributed by atoms with E-state index in [1.54, 1.807) is 6.07 Å². The van der Waals surface area contributed by atoms with Crippen molar-refractivity contribution < 1.29 is 9.13 Å². The fourth-order valence-electron chi connectivity index (χ4n) is 0.979. The van der Waals surface area contributed by atoms with Crippen molar-refractivity contribution in [2.24, 2.45) is 0 Å². The molecule has 0 unspecified atom stereocenters. The summed E-state index contributed by atoms with van der Waals surface area (Å²) in [6.07, 6.45) is 2.14. The fourth-order valence-corrected chi connectivity index (χ4v) is 1.48. The average Bonchev–Trinajstić information content (AvgIpc) is 2.25. The quantitative estimate of drug-likeness (QED) is 0.799. The normalized spacial score (nSPS) is 10.0. The van der Waals surface area contributed by atoms with Gasteiger partial charge in [-0.2, -0.15) is 0 Å². The molecule has 0 saturated heterocycles. The monoisotopic (exact) mass is 316 g/mol. The Morgan fingerprint density at radius 1 is 1.13 bits per heavy atom. The molecule has 1 aromatic heterocycles. The lowest BCUT2D eigenvalue weighted by molar-refractivity contribution is 0.433. The first-order valence-corrected chi connectivity index (χ1v) is 5.23. The van der Waals surface area contributed by atoms with E-state index in [1.807, 2.05) is 18.2 Å². The largest absolute Gasteiger partial charge is 0.423 e. The van der Waals surface area contributed by atoms with Gasteiger partial charge in [-0.25, -0.2) is 14.4 Å². The molecular formula is C10H6FIN2O. The third kappa shape index (κ3) is 2.62. The van der Waals surface area contributed by atoms with Gasteiger partial charge in [0, 0.05) is 0 Å². The van der Waals surface area contributed by atoms with Crippen LogP contribution in [-0.4, -0.2) is 9.97 Å². The summed E-state index contributed by atoms with van der Waals surface area (Å²) in [5.74, 6) is 0.176. The summed E-state index contributed by atoms with van der Waals surface area (Å²) >= 11 is 2.14. The number of para-hydroxylation sites is 1. The molecule has 76 valence electrons. The molecule has 0 fully saturated rings. The van der Waals surface area contributed by atoms with Gasteiger partial charge in [0.25, 0.3) is 0 Å². The minimum atomic E-state index is -0.481. The second kappa shape index (κ2) is 4.52. The van der Waals surface area contributed by atoms with E-state index in [2.05, 4.69) is 32.6 Å². The predicted octanol–water partition coefficient (Wildman–Crippen LogP) is 3.01. The second-order valence-electron chi connectivity index (χ2n) is 2.72. The number of hydrogen-bond acceptors (Lipinski definition) is 3. The van der Waals surface area contributed by atoms with E-state index in [4.69, 9.17) is 4.74 Å². The standard InChI is InChI=1S/C10H6FIN2O/c11-7-5-13-10(14-6-7)15-9-4-2-1-3-8(9)12/h1-6H. The highest BCUT2D eigenvalue weighted by Crippen LogP contribution is 2.23. The molecule has 0 radical (unpaired) electrons. The highest BCUT2D eigenvalue weighted by atomic mass is 127. The Labute approximate surface area is 99.5 Å². The summed E-state index contributed by atoms with van der Waals surface area (Å²) in [6.45, 7) is 0. The Morgan fingerprint density at radius 3 is 2.47 bits per heavy atom. The Kier molecular flexibility index (Phi) is 3.10. The Hall–Kier alpha value is -1.24. The molecule has 1 aromatic carbocycles. The Morgan fingerprint density at radius 2 is 1.80 bits per heavy atom. The van der Waals surface area contributed by atoms with Crippen LogP contribution >= 0.6 is 22.6 Å². The molecule has 0 saturated carbocycles. The number of nitrogens with zero attached hydrogens (tertiary/aromatic N) is 2. The molecule has 2 aromatic rings. The van der Waals surface area contributed by atoms with E-state index in [9.17, 15) is 4.39 Å². The van der Waals surface area contributed by atoms with E-state index in [1.165, 1.54) is 0 Å². The summed E-state index contributed by atoms with van der Waals surface area (Å²) in [6, 6.07) is 7.59. The molecule has 0 aliphatic heterocycles. The summed E-state index contributed by atoms with van der Waals surface area (Å²) in [5, 5.41) is 0. The van der Waals surface area contributed by atoms with E-state index < -0.39 is 5.82 Å². The third-order valence-electron chi connectivity index (χ3n) is 1.63. The predicted molar refractivity (Wildman–Crippen MR) is 61.2 cm³/mol. The zero-order chi connectivity index (χ0) is 10.7. The Bertz CT molecular complexity index is 461. The molecule has 0 spiro atoms. The highest BCUT2D eigenvalue weighted by molar-refractivity contribution is 14.1. The van der Waals surface area contributed by atoms with E-state index in [-0.39, 0.29) is 6.01 Å². The van der Waals surface area contributed by atoms with Crippen molar-refractivity contribution in [1.29, 1.82) is 0 Å². The molecule has 0 amide bonds. The molecule has 0 N–H and O–H groups in total. The van der Waals surface area contributed by atoms with Crippen molar-refractivity contribution in [3.05, 3.63) is 46.0 Å². The topological polar surface area (TPSA) is 35.0 Å². The number of aromatic nitrogens is 2. The van der Waals surface area contributed by atoms with Crippen LogP contribution in [0.2, 0.25) is 0 Å². The van der Waals surface area contributed by atoms with Crippen molar-refractivity contribution in [3.8, 4) is 11.8 Å². The second-order valence-corrected chi connectivity index (χ2v) is 3.88. The molecular weight excluding hydrogens is 310 g/mol. The third-order valence-corrected chi connectivity index (χ3v) is 2.53. The summed E-state index contributed by atoms with van der Waals surface area (Å²) in [7, 11) is 0. The minimum absolute atomic E-state index is 0.139. The van der Waals surface area contributed by atoms with Gasteiger partial charge in [0.1, 0.15) is 5.75 Å². The lowest BCUT2D eigenvalue weighted by atomic mass is 10.3. The van der Waals surface area contributed by atoms with Crippen LogP contribution in [0.5, 0.6) is 11.8 Å². The van der Waals surface area contributed by atoms with Crippen LogP contribution in [0.15, 0.2) is 36.7 Å². The molecule has 5 heteroatoms. The van der Waals surface area contributed by atoms with Crippen LogP contribution in [0.3, 0.4) is 0 Å². The van der Waals surface area contributed by atoms with Crippen LogP contribution < -0.4 is 4.74 Å². The highest BCUT2D eigenvalue weighted by Gasteiger charge is 2.03. The van der Waals surface area contributed by atoms with Crippen LogP contribution in [0.4, 0.5) is 4.39 Å². The smallest absolute Gasteiger partial charge is 0.322 e. The molecule has 0 bridgehead atoms. The first-order valence-electron chi connectivity index (χ1n) is 4.15. The fraction of sp³-hybridized carbons (Fsp3) is 0. The zero-order valence-electron chi connectivity index (χ0n) is 7.52. The van der Waals surface area contributed by atoms with Gasteiger partial charge in [-0.15, -0.1) is 0 Å². The van der Waals surface area contributed by atoms with Gasteiger partial charge < -0.3 is 4.74 Å². The zero-order valence-corrected chi connectivity index (χ0v) is 9.68. The van der Waals surface area contributed by atoms with Gasteiger partial charge in [-0.3, -0.25) is 0 Å². The number of benzene rings is 1. The molecule has 15 heavy (non-hydrogen) atoms. The molecule has 2 rings (SSSR count). The van der Waals surface area contributed by atoms with Gasteiger partial charge in [-0.05, 0) is 34.7 Å². The van der Waals surface area contributed by atoms with Gasteiger partial charge in [0.05, 0.1) is 16.0 Å². The summed E-state index contributed by atoms with van der Waals surface area (Å²) in [5.41, 5.74) is 0. The van der Waals surface area contributed by atoms with Crippen LogP contribution in [0, 0.1) is 9.39 Å². The van der Waals surface area contributed by atoms with Gasteiger partial charge >= 0.3 is 6.01 Å². The maximum Gasteiger partial charge on any atom is 0.322 e. The van der Waals surface area contributed by atoms with Gasteiger partial charge in [0.2, 0.25) is 0 Å². The molecule has 3 nitrogen and oxygen atoms in total. The van der Waals surface area contributed by atoms with Gasteiger partial charge in [-0.1, -0.05) is 12.1 Å². The summed E-state index contributed by atoms with van der Waals surface area (Å²) in [4.78, 5) is 7.41. The van der Waals surface area contributed by atoms with Crippen LogP contribution in [0.1, 0.15) is 0 Å². The first kappa shape index (κ1) is 10.3. The van der Waals surface area contributed by atoms with Crippen molar-refractivity contribution in [1.82, 2.24) is 9.97 Å². The van der Waals surface area contributed by atoms with Crippen LogP contribution in [-0.2, 0) is 0 Å². The summed E-state index contributed by atoms with van der Waals surface area (Å²) < 4.78 is 18.8.